The molecule has 0 bridgehead atoms. The van der Waals surface area contributed by atoms with Crippen LogP contribution < -0.4 is 20.3 Å². The number of aryl methyl sites for hydroxylation is 1. The molecule has 18 nitrogen and oxygen atoms in total. The number of phenols is 1. The zero-order valence-electron chi connectivity index (χ0n) is 47.7. The number of Topliss-reactive ketones (excluding diaryl/α,β-unsaturated/α-hetero) is 1. The summed E-state index contributed by atoms with van der Waals surface area (Å²) in [7, 11) is 0. The summed E-state index contributed by atoms with van der Waals surface area (Å²) < 4.78 is 39.9. The average molecular weight is 1190 g/mol. The number of likely N-dealkylation sites (tertiary alicyclic amines) is 1. The lowest BCUT2D eigenvalue weighted by molar-refractivity contribution is -0.144. The fraction of sp³-hybridized carbons (Fsp3) is 0.381. The van der Waals surface area contributed by atoms with Gasteiger partial charge in [-0.2, -0.15) is 4.98 Å². The van der Waals surface area contributed by atoms with Crippen molar-refractivity contribution < 1.29 is 52.7 Å². The van der Waals surface area contributed by atoms with Crippen LogP contribution in [0.1, 0.15) is 57.7 Å². The van der Waals surface area contributed by atoms with Crippen LogP contribution in [0.2, 0.25) is 5.02 Å². The molecule has 9 rings (SSSR count). The highest BCUT2D eigenvalue weighted by Crippen LogP contribution is 2.43. The summed E-state index contributed by atoms with van der Waals surface area (Å²) in [6, 6.07) is 25.5. The number of thiazole rings is 1. The maximum absolute atomic E-state index is 17.1. The minimum absolute atomic E-state index is 0.00460. The number of fused-ring (bicyclic) bond motifs is 2. The van der Waals surface area contributed by atoms with Crippen molar-refractivity contribution >= 4 is 85.6 Å². The second-order valence-corrected chi connectivity index (χ2v) is 23.3. The molecule has 442 valence electrons. The molecule has 2 saturated heterocycles. The number of phenolic OH excluding ortho intramolecular Hbond substituents is 1. The fourth-order valence-electron chi connectivity index (χ4n) is 10.6. The van der Waals surface area contributed by atoms with Gasteiger partial charge in [0, 0.05) is 62.2 Å². The van der Waals surface area contributed by atoms with E-state index in [1.165, 1.54) is 17.0 Å². The number of β-amino-alcohol motifs (C(OH)–C–C–N with tert-alkyl or cyclic N) is 1. The molecule has 4 N–H and O–H groups in total. The number of nitrogens with zero attached hydrogens (tertiary/aromatic N) is 6. The number of aliphatic hydroxyl groups excluding tert-OH is 1. The predicted molar refractivity (Wildman–Crippen MR) is 324 cm³/mol. The molecular formula is C63H70ClFN8O10S. The number of piperazine rings is 1. The Hall–Kier alpha value is -7.59. The molecule has 21 heteroatoms. The van der Waals surface area contributed by atoms with Gasteiger partial charge in [0.1, 0.15) is 42.1 Å². The largest absolute Gasteiger partial charge is 0.508 e. The average Bonchev–Trinajstić information content (AvgIpc) is 1.73. The van der Waals surface area contributed by atoms with Crippen molar-refractivity contribution in [1.29, 1.82) is 0 Å². The Labute approximate surface area is 496 Å². The van der Waals surface area contributed by atoms with Gasteiger partial charge in [-0.1, -0.05) is 94.4 Å². The third-order valence-electron chi connectivity index (χ3n) is 15.0. The Kier molecular flexibility index (Phi) is 19.9. The minimum atomic E-state index is -0.976. The van der Waals surface area contributed by atoms with E-state index in [0.29, 0.717) is 65.2 Å². The molecule has 0 radical (unpaired) electrons. The number of hydrogen-bond donors (Lipinski definition) is 4. The number of aliphatic hydroxyl groups is 1. The van der Waals surface area contributed by atoms with Crippen molar-refractivity contribution in [3.8, 4) is 33.1 Å². The second-order valence-electron chi connectivity index (χ2n) is 22.0. The van der Waals surface area contributed by atoms with E-state index in [1.54, 1.807) is 52.6 Å². The maximum Gasteiger partial charge on any atom is 0.246 e. The smallest absolute Gasteiger partial charge is 0.246 e. The second kappa shape index (κ2) is 27.4. The summed E-state index contributed by atoms with van der Waals surface area (Å²) in [5.41, 5.74) is 5.25. The van der Waals surface area contributed by atoms with Crippen molar-refractivity contribution in [2.75, 3.05) is 89.2 Å². The molecule has 84 heavy (non-hydrogen) atoms. The van der Waals surface area contributed by atoms with Crippen LogP contribution in [0.25, 0.3) is 43.2 Å². The fourth-order valence-corrected chi connectivity index (χ4v) is 11.7. The Morgan fingerprint density at radius 3 is 2.26 bits per heavy atom. The highest BCUT2D eigenvalue weighted by atomic mass is 35.5. The molecule has 0 aliphatic carbocycles. The summed E-state index contributed by atoms with van der Waals surface area (Å²) in [4.78, 5) is 73.5. The van der Waals surface area contributed by atoms with E-state index < -0.39 is 41.2 Å². The number of aromatic hydroxyl groups is 1. The van der Waals surface area contributed by atoms with Gasteiger partial charge in [0.05, 0.1) is 66.3 Å². The van der Waals surface area contributed by atoms with Crippen molar-refractivity contribution in [3.63, 3.8) is 0 Å². The van der Waals surface area contributed by atoms with E-state index in [9.17, 15) is 29.4 Å². The first-order valence-electron chi connectivity index (χ1n) is 28.0. The van der Waals surface area contributed by atoms with E-state index in [2.05, 4.69) is 27.2 Å². The number of carbonyl (C=O) groups is 4. The van der Waals surface area contributed by atoms with Crippen molar-refractivity contribution in [1.82, 2.24) is 30.1 Å². The topological polar surface area (TPSA) is 218 Å². The first kappa shape index (κ1) is 61.0. The van der Waals surface area contributed by atoms with Gasteiger partial charge in [0.25, 0.3) is 0 Å². The van der Waals surface area contributed by atoms with E-state index in [1.807, 2.05) is 93.6 Å². The van der Waals surface area contributed by atoms with Crippen molar-refractivity contribution in [2.24, 2.45) is 5.41 Å². The Morgan fingerprint density at radius 1 is 0.893 bits per heavy atom. The van der Waals surface area contributed by atoms with Gasteiger partial charge in [-0.05, 0) is 94.3 Å². The lowest BCUT2D eigenvalue weighted by Gasteiger charge is -2.35. The van der Waals surface area contributed by atoms with Crippen LogP contribution in [0, 0.1) is 18.2 Å². The highest BCUT2D eigenvalue weighted by Gasteiger charge is 2.44. The van der Waals surface area contributed by atoms with Crippen LogP contribution in [0.15, 0.2) is 109 Å². The number of rotatable bonds is 24. The summed E-state index contributed by atoms with van der Waals surface area (Å²) in [5, 5.41) is 29.3. The van der Waals surface area contributed by atoms with Crippen LogP contribution in [0.4, 0.5) is 21.8 Å². The number of anilines is 3. The highest BCUT2D eigenvalue weighted by molar-refractivity contribution is 7.13. The van der Waals surface area contributed by atoms with Crippen LogP contribution in [-0.4, -0.2) is 156 Å². The van der Waals surface area contributed by atoms with Crippen molar-refractivity contribution in [2.45, 2.75) is 71.6 Å². The quantitative estimate of drug-likeness (QED) is 0.0327. The number of carbonyl (C=O) groups excluding carboxylic acids is 4. The molecule has 0 saturated carbocycles. The van der Waals surface area contributed by atoms with Gasteiger partial charge in [0.2, 0.25) is 23.7 Å². The van der Waals surface area contributed by atoms with Gasteiger partial charge in [0.15, 0.2) is 11.6 Å². The van der Waals surface area contributed by atoms with Crippen molar-refractivity contribution in [3.05, 3.63) is 131 Å². The zero-order valence-corrected chi connectivity index (χ0v) is 49.3. The Morgan fingerprint density at radius 2 is 1.58 bits per heavy atom. The van der Waals surface area contributed by atoms with Crippen LogP contribution >= 0.6 is 22.9 Å². The molecule has 2 aliphatic heterocycles. The molecule has 2 aliphatic rings. The Bertz CT molecular complexity index is 3500. The molecule has 2 aromatic heterocycles. The minimum Gasteiger partial charge on any atom is -0.508 e. The van der Waals surface area contributed by atoms with E-state index >= 15 is 4.39 Å². The lowest BCUT2D eigenvalue weighted by atomic mass is 9.85. The molecule has 2 fully saturated rings. The SMILES string of the molecule is C=CC(=O)N1CCN(c2nc(Nc3ccc(OCCOCCOCCOCC(=O)N[C@H](C(=O)N4C[C@H](O)C[C@H]4C(=O)C[C@@H](C)c4ccc(-c5scnc5C)cc4)C(C)(C)C)cc3)nc3c(F)c(-c4cc(O)cc5ccccc45)c(Cl)cc23)CC1. The molecule has 7 aromatic rings. The van der Waals surface area contributed by atoms with Gasteiger partial charge in [-0.15, -0.1) is 11.3 Å². The number of aromatic nitrogens is 3. The standard InChI is InChI=1S/C63H70ClFN8O10S/c1-7-54(78)71-20-22-72(23-21-71)60-49-34-50(64)55(48-32-44(74)31-42-10-8-9-11-47(42)48)56(65)57(49)69-62(70-60)67-43-16-18-46(19-17-43)83-29-28-81-25-24-80-26-27-82-36-53(77)68-59(63(4,5)6)61(79)73-35-45(75)33-51(73)52(76)30-38(2)40-12-14-41(15-13-40)58-39(3)66-37-84-58/h7-19,31-32,34,37-38,45,51,59,74-75H,1,20-30,33,35-36H2,2-6H3,(H,68,77)(H,67,69,70)/t38-,45-,51+,59-/m1/s1. The number of hydrogen-bond acceptors (Lipinski definition) is 16. The molecule has 5 aromatic carbocycles. The number of amides is 3. The first-order chi connectivity index (χ1) is 40.4. The first-order valence-corrected chi connectivity index (χ1v) is 29.2. The van der Waals surface area contributed by atoms with Gasteiger partial charge in [-0.3, -0.25) is 19.2 Å². The maximum atomic E-state index is 17.1. The molecular weight excluding hydrogens is 1120 g/mol. The normalized spacial score (nSPS) is 16.2. The lowest BCUT2D eigenvalue weighted by Crippen LogP contribution is -2.57. The van der Waals surface area contributed by atoms with Crippen LogP contribution in [-0.2, 0) is 33.4 Å². The van der Waals surface area contributed by atoms with Crippen LogP contribution in [0.3, 0.4) is 0 Å². The molecule has 3 amide bonds. The third kappa shape index (κ3) is 14.7. The van der Waals surface area contributed by atoms with Gasteiger partial charge < -0.3 is 54.5 Å². The number of ketones is 1. The molecule has 4 atom stereocenters. The molecule has 0 spiro atoms. The number of benzene rings is 5. The van der Waals surface area contributed by atoms with E-state index in [-0.39, 0.29) is 111 Å². The molecule has 0 unspecified atom stereocenters. The number of halogens is 2. The van der Waals surface area contributed by atoms with Gasteiger partial charge in [-0.25, -0.2) is 14.4 Å². The number of nitrogens with one attached hydrogen (secondary N) is 2. The monoisotopic (exact) mass is 1180 g/mol. The summed E-state index contributed by atoms with van der Waals surface area (Å²) in [6.45, 7) is 15.8. The summed E-state index contributed by atoms with van der Waals surface area (Å²) in [5.74, 6) is -0.942. The Balaban J connectivity index is 0.708. The van der Waals surface area contributed by atoms with E-state index in [0.717, 1.165) is 21.7 Å². The molecule has 4 heterocycles. The van der Waals surface area contributed by atoms with Crippen LogP contribution in [0.5, 0.6) is 11.5 Å². The summed E-state index contributed by atoms with van der Waals surface area (Å²) in [6.07, 6.45) is 0.737. The van der Waals surface area contributed by atoms with E-state index in [4.69, 9.17) is 35.5 Å². The zero-order chi connectivity index (χ0) is 59.7. The summed E-state index contributed by atoms with van der Waals surface area (Å²) >= 11 is 8.49. The third-order valence-corrected chi connectivity index (χ3v) is 16.3. The number of ether oxygens (including phenoxy) is 4. The van der Waals surface area contributed by atoms with Gasteiger partial charge >= 0.3 is 0 Å². The predicted octanol–water partition coefficient (Wildman–Crippen LogP) is 9.64.